The minimum Gasteiger partial charge on any atom is -0.353 e. The van der Waals surface area contributed by atoms with Crippen LogP contribution in [0.3, 0.4) is 0 Å². The van der Waals surface area contributed by atoms with Crippen LogP contribution in [0.1, 0.15) is 26.7 Å². The maximum Gasteiger partial charge on any atom is 0.391 e. The molecule has 2 N–H and O–H groups in total. The molecule has 0 aromatic rings. The molecule has 0 aliphatic carbocycles. The molecule has 0 aliphatic heterocycles. The Balaban J connectivity index is 3.67. The molecule has 3 nitrogen and oxygen atoms in total. The smallest absolute Gasteiger partial charge is 0.353 e. The van der Waals surface area contributed by atoms with E-state index < -0.39 is 18.6 Å². The molecule has 15 heavy (non-hydrogen) atoms. The Labute approximate surface area is 87.4 Å². The number of carbonyl (C=O) groups excluding carboxylic acids is 1. The molecule has 1 amide bonds. The van der Waals surface area contributed by atoms with Crippen molar-refractivity contribution in [2.24, 2.45) is 0 Å². The van der Waals surface area contributed by atoms with Gasteiger partial charge in [0.2, 0.25) is 5.91 Å². The summed E-state index contributed by atoms with van der Waals surface area (Å²) in [4.78, 5) is 11.1. The standard InChI is InChI=1S/C9H17F3N2O/c1-3-13-5-4-8(15)14-7(2)6-9(10,11)12/h7,13H,3-6H2,1-2H3,(H,14,15). The molecule has 0 heterocycles. The first-order valence-corrected chi connectivity index (χ1v) is 4.92. The fourth-order valence-electron chi connectivity index (χ4n) is 1.12. The maximum absolute atomic E-state index is 11.9. The Morgan fingerprint density at radius 3 is 2.47 bits per heavy atom. The molecule has 90 valence electrons. The Morgan fingerprint density at radius 2 is 2.00 bits per heavy atom. The summed E-state index contributed by atoms with van der Waals surface area (Å²) in [7, 11) is 0. The van der Waals surface area contributed by atoms with Gasteiger partial charge in [-0.3, -0.25) is 4.79 Å². The quantitative estimate of drug-likeness (QED) is 0.673. The number of carbonyl (C=O) groups is 1. The summed E-state index contributed by atoms with van der Waals surface area (Å²) in [5.74, 6) is -0.354. The Morgan fingerprint density at radius 1 is 1.40 bits per heavy atom. The van der Waals surface area contributed by atoms with Gasteiger partial charge in [0.05, 0.1) is 6.42 Å². The van der Waals surface area contributed by atoms with E-state index in [1.165, 1.54) is 6.92 Å². The van der Waals surface area contributed by atoms with Crippen LogP contribution in [0.15, 0.2) is 0 Å². The molecule has 0 saturated heterocycles. The average Bonchev–Trinajstić information content (AvgIpc) is 2.00. The highest BCUT2D eigenvalue weighted by Crippen LogP contribution is 2.21. The molecule has 0 fully saturated rings. The minimum absolute atomic E-state index is 0.204. The van der Waals surface area contributed by atoms with Crippen molar-refractivity contribution < 1.29 is 18.0 Å². The van der Waals surface area contributed by atoms with E-state index >= 15 is 0 Å². The zero-order chi connectivity index (χ0) is 11.9. The van der Waals surface area contributed by atoms with E-state index in [1.54, 1.807) is 0 Å². The second kappa shape index (κ2) is 6.66. The van der Waals surface area contributed by atoms with Crippen LogP contribution in [-0.4, -0.2) is 31.2 Å². The number of halogens is 3. The first kappa shape index (κ1) is 14.2. The van der Waals surface area contributed by atoms with Crippen LogP contribution < -0.4 is 10.6 Å². The molecular weight excluding hydrogens is 209 g/mol. The van der Waals surface area contributed by atoms with E-state index in [2.05, 4.69) is 10.6 Å². The van der Waals surface area contributed by atoms with Gasteiger partial charge in [0, 0.05) is 19.0 Å². The second-order valence-corrected chi connectivity index (χ2v) is 3.39. The van der Waals surface area contributed by atoms with Crippen molar-refractivity contribution in [3.05, 3.63) is 0 Å². The highest BCUT2D eigenvalue weighted by molar-refractivity contribution is 5.76. The molecule has 0 spiro atoms. The lowest BCUT2D eigenvalue weighted by atomic mass is 10.2. The lowest BCUT2D eigenvalue weighted by molar-refractivity contribution is -0.141. The van der Waals surface area contributed by atoms with Crippen LogP contribution in [0.25, 0.3) is 0 Å². The van der Waals surface area contributed by atoms with Crippen LogP contribution in [-0.2, 0) is 4.79 Å². The maximum atomic E-state index is 11.9. The van der Waals surface area contributed by atoms with Gasteiger partial charge in [0.1, 0.15) is 0 Å². The van der Waals surface area contributed by atoms with E-state index in [9.17, 15) is 18.0 Å². The number of nitrogens with one attached hydrogen (secondary N) is 2. The van der Waals surface area contributed by atoms with E-state index in [0.717, 1.165) is 6.54 Å². The molecule has 1 unspecified atom stereocenters. The van der Waals surface area contributed by atoms with Crippen molar-refractivity contribution in [2.45, 2.75) is 38.9 Å². The van der Waals surface area contributed by atoms with Crippen molar-refractivity contribution in [3.63, 3.8) is 0 Å². The molecule has 0 rings (SSSR count). The monoisotopic (exact) mass is 226 g/mol. The summed E-state index contributed by atoms with van der Waals surface area (Å²) >= 11 is 0. The zero-order valence-corrected chi connectivity index (χ0v) is 8.95. The Bertz CT molecular complexity index is 194. The zero-order valence-electron chi connectivity index (χ0n) is 8.95. The van der Waals surface area contributed by atoms with Gasteiger partial charge in [-0.05, 0) is 13.5 Å². The summed E-state index contributed by atoms with van der Waals surface area (Å²) in [5, 5.41) is 5.21. The summed E-state index contributed by atoms with van der Waals surface area (Å²) in [5.41, 5.74) is 0. The van der Waals surface area contributed by atoms with Crippen LogP contribution in [0, 0.1) is 0 Å². The minimum atomic E-state index is -4.23. The molecule has 0 aromatic heterocycles. The van der Waals surface area contributed by atoms with E-state index in [-0.39, 0.29) is 12.3 Å². The lowest BCUT2D eigenvalue weighted by Crippen LogP contribution is -2.37. The summed E-state index contributed by atoms with van der Waals surface area (Å²) in [6.07, 6.45) is -5.01. The molecular formula is C9H17F3N2O. The molecule has 0 aliphatic rings. The third-order valence-electron chi connectivity index (χ3n) is 1.72. The van der Waals surface area contributed by atoms with Crippen molar-refractivity contribution >= 4 is 5.91 Å². The largest absolute Gasteiger partial charge is 0.391 e. The van der Waals surface area contributed by atoms with Crippen LogP contribution >= 0.6 is 0 Å². The topological polar surface area (TPSA) is 41.1 Å². The third-order valence-corrected chi connectivity index (χ3v) is 1.72. The highest BCUT2D eigenvalue weighted by Gasteiger charge is 2.30. The predicted octanol–water partition coefficient (Wildman–Crippen LogP) is 1.44. The fraction of sp³-hybridized carbons (Fsp3) is 0.889. The number of hydrogen-bond donors (Lipinski definition) is 2. The molecule has 0 radical (unpaired) electrons. The summed E-state index contributed by atoms with van der Waals surface area (Å²) in [6, 6.07) is -0.862. The van der Waals surface area contributed by atoms with Crippen LogP contribution in [0.5, 0.6) is 0 Å². The first-order valence-electron chi connectivity index (χ1n) is 4.92. The number of hydrogen-bond acceptors (Lipinski definition) is 2. The van der Waals surface area contributed by atoms with Crippen molar-refractivity contribution in [1.82, 2.24) is 10.6 Å². The van der Waals surface area contributed by atoms with E-state index in [1.807, 2.05) is 6.92 Å². The van der Waals surface area contributed by atoms with Crippen LogP contribution in [0.2, 0.25) is 0 Å². The first-order chi connectivity index (χ1) is 6.85. The highest BCUT2D eigenvalue weighted by atomic mass is 19.4. The lowest BCUT2D eigenvalue weighted by Gasteiger charge is -2.15. The Kier molecular flexibility index (Phi) is 6.31. The summed E-state index contributed by atoms with van der Waals surface area (Å²) in [6.45, 7) is 4.47. The number of amides is 1. The van der Waals surface area contributed by atoms with Gasteiger partial charge in [0.15, 0.2) is 0 Å². The molecule has 6 heteroatoms. The summed E-state index contributed by atoms with van der Waals surface area (Å²) < 4.78 is 35.7. The fourth-order valence-corrected chi connectivity index (χ4v) is 1.12. The van der Waals surface area contributed by atoms with Gasteiger partial charge in [-0.15, -0.1) is 0 Å². The van der Waals surface area contributed by atoms with Gasteiger partial charge in [-0.2, -0.15) is 13.2 Å². The molecule has 0 saturated carbocycles. The van der Waals surface area contributed by atoms with Gasteiger partial charge in [-0.1, -0.05) is 6.92 Å². The van der Waals surface area contributed by atoms with Gasteiger partial charge >= 0.3 is 6.18 Å². The van der Waals surface area contributed by atoms with Gasteiger partial charge in [-0.25, -0.2) is 0 Å². The Hall–Kier alpha value is -0.780. The number of alkyl halides is 3. The normalized spacial score (nSPS) is 13.7. The van der Waals surface area contributed by atoms with E-state index in [0.29, 0.717) is 6.54 Å². The van der Waals surface area contributed by atoms with Crippen molar-refractivity contribution in [2.75, 3.05) is 13.1 Å². The van der Waals surface area contributed by atoms with Gasteiger partial charge in [0.25, 0.3) is 0 Å². The third kappa shape index (κ3) is 9.52. The average molecular weight is 226 g/mol. The molecule has 0 aromatic carbocycles. The second-order valence-electron chi connectivity index (χ2n) is 3.39. The number of rotatable bonds is 6. The SMILES string of the molecule is CCNCCC(=O)NC(C)CC(F)(F)F. The van der Waals surface area contributed by atoms with E-state index in [4.69, 9.17) is 0 Å². The molecule has 0 bridgehead atoms. The van der Waals surface area contributed by atoms with Gasteiger partial charge < -0.3 is 10.6 Å². The van der Waals surface area contributed by atoms with Crippen molar-refractivity contribution in [3.8, 4) is 0 Å². The van der Waals surface area contributed by atoms with Crippen LogP contribution in [0.4, 0.5) is 13.2 Å². The van der Waals surface area contributed by atoms with Crippen molar-refractivity contribution in [1.29, 1.82) is 0 Å². The molecule has 1 atom stereocenters. The predicted molar refractivity (Wildman–Crippen MR) is 51.4 cm³/mol.